The first-order valence-corrected chi connectivity index (χ1v) is 6.85. The van der Waals surface area contributed by atoms with E-state index in [1.807, 2.05) is 6.20 Å². The van der Waals surface area contributed by atoms with E-state index in [9.17, 15) is 0 Å². The van der Waals surface area contributed by atoms with Crippen molar-refractivity contribution in [2.24, 2.45) is 0 Å². The maximum absolute atomic E-state index is 5.99. The second kappa shape index (κ2) is 4.53. The number of pyridine rings is 1. The van der Waals surface area contributed by atoms with Gasteiger partial charge in [0.05, 0.1) is 5.88 Å². The highest BCUT2D eigenvalue weighted by molar-refractivity contribution is 9.10. The Morgan fingerprint density at radius 3 is 2.88 bits per heavy atom. The number of alkyl halides is 1. The predicted molar refractivity (Wildman–Crippen MR) is 72.2 cm³/mol. The van der Waals surface area contributed by atoms with E-state index in [0.717, 1.165) is 22.4 Å². The smallest absolute Gasteiger partial charge is 0.133 e. The maximum atomic E-state index is 5.99. The van der Waals surface area contributed by atoms with Gasteiger partial charge in [0, 0.05) is 28.3 Å². The average Bonchev–Trinajstić information content (AvgIpc) is 2.58. The van der Waals surface area contributed by atoms with Crippen molar-refractivity contribution in [1.82, 2.24) is 4.98 Å². The lowest BCUT2D eigenvalue weighted by Gasteiger charge is -2.33. The molecule has 4 heteroatoms. The van der Waals surface area contributed by atoms with Crippen LogP contribution in [0.1, 0.15) is 32.3 Å². The molecule has 88 valence electrons. The minimum absolute atomic E-state index is 0.196. The molecule has 2 nitrogen and oxygen atoms in total. The summed E-state index contributed by atoms with van der Waals surface area (Å²) < 4.78 is 0.990. The van der Waals surface area contributed by atoms with Crippen molar-refractivity contribution in [3.8, 4) is 0 Å². The molecule has 1 saturated heterocycles. The van der Waals surface area contributed by atoms with Crippen molar-refractivity contribution in [2.45, 2.75) is 38.1 Å². The maximum Gasteiger partial charge on any atom is 0.133 e. The van der Waals surface area contributed by atoms with Crippen LogP contribution >= 0.6 is 27.5 Å². The molecular weight excluding hydrogens is 288 g/mol. The van der Waals surface area contributed by atoms with Crippen molar-refractivity contribution in [1.29, 1.82) is 0 Å². The molecule has 0 amide bonds. The lowest BCUT2D eigenvalue weighted by atomic mass is 10.0. The second-order valence-corrected chi connectivity index (χ2v) is 6.02. The summed E-state index contributed by atoms with van der Waals surface area (Å²) in [4.78, 5) is 6.89. The zero-order valence-corrected chi connectivity index (χ0v) is 12.0. The Bertz CT molecular complexity index is 393. The number of anilines is 1. The zero-order valence-electron chi connectivity index (χ0n) is 9.63. The van der Waals surface area contributed by atoms with Crippen molar-refractivity contribution in [2.75, 3.05) is 11.4 Å². The molecule has 2 heterocycles. The van der Waals surface area contributed by atoms with Gasteiger partial charge < -0.3 is 4.90 Å². The third kappa shape index (κ3) is 2.21. The Morgan fingerprint density at radius 2 is 2.31 bits per heavy atom. The monoisotopic (exact) mass is 302 g/mol. The van der Waals surface area contributed by atoms with Gasteiger partial charge in [-0.3, -0.25) is 0 Å². The summed E-state index contributed by atoms with van der Waals surface area (Å²) in [5.74, 6) is 1.55. The van der Waals surface area contributed by atoms with E-state index < -0.39 is 0 Å². The summed E-state index contributed by atoms with van der Waals surface area (Å²) >= 11 is 9.42. The van der Waals surface area contributed by atoms with E-state index in [1.165, 1.54) is 12.8 Å². The number of hydrogen-bond acceptors (Lipinski definition) is 2. The Morgan fingerprint density at radius 1 is 1.56 bits per heavy atom. The molecule has 0 radical (unpaired) electrons. The largest absolute Gasteiger partial charge is 0.351 e. The first kappa shape index (κ1) is 12.2. The minimum atomic E-state index is 0.196. The third-order valence-corrected chi connectivity index (χ3v) is 3.93. The van der Waals surface area contributed by atoms with Gasteiger partial charge in [-0.2, -0.15) is 0 Å². The van der Waals surface area contributed by atoms with E-state index >= 15 is 0 Å². The topological polar surface area (TPSA) is 16.1 Å². The van der Waals surface area contributed by atoms with Crippen LogP contribution < -0.4 is 4.90 Å². The lowest BCUT2D eigenvalue weighted by Crippen LogP contribution is -2.39. The summed E-state index contributed by atoms with van der Waals surface area (Å²) in [5, 5.41) is 0. The Balaban J connectivity index is 2.40. The van der Waals surface area contributed by atoms with Crippen LogP contribution in [0.2, 0.25) is 0 Å². The van der Waals surface area contributed by atoms with Crippen LogP contribution in [0, 0.1) is 0 Å². The van der Waals surface area contributed by atoms with Crippen LogP contribution in [0.5, 0.6) is 0 Å². The summed E-state index contributed by atoms with van der Waals surface area (Å²) in [7, 11) is 0. The molecule has 0 aliphatic carbocycles. The first-order valence-electron chi connectivity index (χ1n) is 5.52. The van der Waals surface area contributed by atoms with Gasteiger partial charge in [0.2, 0.25) is 0 Å². The zero-order chi connectivity index (χ0) is 11.8. The summed E-state index contributed by atoms with van der Waals surface area (Å²) in [6.07, 6.45) is 4.29. The Labute approximate surface area is 110 Å². The molecule has 0 unspecified atom stereocenters. The van der Waals surface area contributed by atoms with Crippen LogP contribution in [0.4, 0.5) is 5.82 Å². The number of hydrogen-bond donors (Lipinski definition) is 0. The average molecular weight is 304 g/mol. The van der Waals surface area contributed by atoms with Crippen LogP contribution in [-0.4, -0.2) is 17.1 Å². The van der Waals surface area contributed by atoms with E-state index in [1.54, 1.807) is 0 Å². The van der Waals surface area contributed by atoms with Gasteiger partial charge in [0.15, 0.2) is 0 Å². The van der Waals surface area contributed by atoms with E-state index in [4.69, 9.17) is 11.6 Å². The summed E-state index contributed by atoms with van der Waals surface area (Å²) in [6.45, 7) is 5.61. The molecule has 0 bridgehead atoms. The standard InChI is InChI=1S/C12H16BrClN2/c1-12(2)4-3-5-16(12)11-9(7-14)6-10(13)8-15-11/h6,8H,3-5,7H2,1-2H3. The highest BCUT2D eigenvalue weighted by Gasteiger charge is 2.33. The van der Waals surface area contributed by atoms with E-state index in [0.29, 0.717) is 5.88 Å². The molecule has 1 aliphatic rings. The van der Waals surface area contributed by atoms with Crippen molar-refractivity contribution < 1.29 is 0 Å². The molecule has 1 aliphatic heterocycles. The molecule has 0 N–H and O–H groups in total. The first-order chi connectivity index (χ1) is 7.54. The number of nitrogens with zero attached hydrogens (tertiary/aromatic N) is 2. The van der Waals surface area contributed by atoms with Gasteiger partial charge in [0.25, 0.3) is 0 Å². The molecule has 0 atom stereocenters. The van der Waals surface area contributed by atoms with Crippen molar-refractivity contribution >= 4 is 33.3 Å². The fourth-order valence-electron chi connectivity index (χ4n) is 2.32. The van der Waals surface area contributed by atoms with Crippen LogP contribution in [0.3, 0.4) is 0 Å². The molecule has 16 heavy (non-hydrogen) atoms. The van der Waals surface area contributed by atoms with Crippen molar-refractivity contribution in [3.63, 3.8) is 0 Å². The molecule has 0 aromatic carbocycles. The van der Waals surface area contributed by atoms with Crippen LogP contribution in [0.15, 0.2) is 16.7 Å². The highest BCUT2D eigenvalue weighted by Crippen LogP contribution is 2.35. The van der Waals surface area contributed by atoms with Gasteiger partial charge >= 0.3 is 0 Å². The lowest BCUT2D eigenvalue weighted by molar-refractivity contribution is 0.513. The molecule has 1 fully saturated rings. The number of rotatable bonds is 2. The van der Waals surface area contributed by atoms with E-state index in [2.05, 4.69) is 45.7 Å². The summed E-state index contributed by atoms with van der Waals surface area (Å²) in [5.41, 5.74) is 1.30. The van der Waals surface area contributed by atoms with Gasteiger partial charge in [-0.05, 0) is 48.7 Å². The van der Waals surface area contributed by atoms with Crippen LogP contribution in [-0.2, 0) is 5.88 Å². The fraction of sp³-hybridized carbons (Fsp3) is 0.583. The number of halogens is 2. The van der Waals surface area contributed by atoms with Crippen LogP contribution in [0.25, 0.3) is 0 Å². The number of aromatic nitrogens is 1. The predicted octanol–water partition coefficient (Wildman–Crippen LogP) is 3.96. The second-order valence-electron chi connectivity index (χ2n) is 4.84. The molecule has 1 aromatic rings. The van der Waals surface area contributed by atoms with Gasteiger partial charge in [0.1, 0.15) is 5.82 Å². The van der Waals surface area contributed by atoms with Gasteiger partial charge in [-0.25, -0.2) is 4.98 Å². The molecule has 0 saturated carbocycles. The Kier molecular flexibility index (Phi) is 3.45. The SMILES string of the molecule is CC1(C)CCCN1c1ncc(Br)cc1CCl. The van der Waals surface area contributed by atoms with Gasteiger partial charge in [-0.15, -0.1) is 11.6 Å². The fourth-order valence-corrected chi connectivity index (χ4v) is 2.89. The quantitative estimate of drug-likeness (QED) is 0.769. The Hall–Kier alpha value is -0.280. The normalized spacial score (nSPS) is 19.1. The summed E-state index contributed by atoms with van der Waals surface area (Å²) in [6, 6.07) is 2.06. The minimum Gasteiger partial charge on any atom is -0.351 e. The van der Waals surface area contributed by atoms with Crippen molar-refractivity contribution in [3.05, 3.63) is 22.3 Å². The molecular formula is C12H16BrClN2. The van der Waals surface area contributed by atoms with Gasteiger partial charge in [-0.1, -0.05) is 0 Å². The highest BCUT2D eigenvalue weighted by atomic mass is 79.9. The van der Waals surface area contributed by atoms with E-state index in [-0.39, 0.29) is 5.54 Å². The third-order valence-electron chi connectivity index (χ3n) is 3.21. The molecule has 1 aromatic heterocycles. The molecule has 0 spiro atoms. The molecule has 2 rings (SSSR count).